The first-order valence-electron chi connectivity index (χ1n) is 8.29. The van der Waals surface area contributed by atoms with Crippen molar-refractivity contribution < 1.29 is 4.79 Å². The van der Waals surface area contributed by atoms with Crippen molar-refractivity contribution in [1.82, 2.24) is 20.2 Å². The van der Waals surface area contributed by atoms with Crippen LogP contribution in [0.25, 0.3) is 11.3 Å². The Hall–Kier alpha value is -1.95. The third-order valence-corrected chi connectivity index (χ3v) is 5.59. The summed E-state index contributed by atoms with van der Waals surface area (Å²) < 4.78 is 0. The van der Waals surface area contributed by atoms with Gasteiger partial charge in [0.15, 0.2) is 0 Å². The molecule has 128 valence electrons. The second-order valence-corrected chi connectivity index (χ2v) is 7.42. The summed E-state index contributed by atoms with van der Waals surface area (Å²) >= 11 is 1.90. The molecule has 24 heavy (non-hydrogen) atoms. The van der Waals surface area contributed by atoms with E-state index in [0.29, 0.717) is 17.8 Å². The lowest BCUT2D eigenvalue weighted by Crippen LogP contribution is -2.42. The number of hydrogen-bond donors (Lipinski definition) is 2. The van der Waals surface area contributed by atoms with Crippen molar-refractivity contribution >= 4 is 17.8 Å². The van der Waals surface area contributed by atoms with E-state index in [2.05, 4.69) is 21.5 Å². The van der Waals surface area contributed by atoms with Crippen LogP contribution < -0.4 is 5.32 Å². The van der Waals surface area contributed by atoms with Gasteiger partial charge in [-0.3, -0.25) is 0 Å². The molecule has 1 aromatic carbocycles. The molecule has 1 fully saturated rings. The van der Waals surface area contributed by atoms with Gasteiger partial charge in [0.2, 0.25) is 0 Å². The van der Waals surface area contributed by atoms with Gasteiger partial charge < -0.3 is 15.2 Å². The number of H-pyrrole nitrogens is 1. The minimum absolute atomic E-state index is 0.0283. The lowest BCUT2D eigenvalue weighted by atomic mass is 10.2. The molecule has 5 nitrogen and oxygen atoms in total. The largest absolute Gasteiger partial charge is 0.341 e. The van der Waals surface area contributed by atoms with Crippen molar-refractivity contribution in [2.45, 2.75) is 37.1 Å². The number of carbonyl (C=O) groups is 1. The number of thioether (sulfide) groups is 1. The lowest BCUT2D eigenvalue weighted by Gasteiger charge is -2.20. The second kappa shape index (κ2) is 7.75. The molecular formula is C18H24N4OS. The van der Waals surface area contributed by atoms with E-state index in [1.165, 1.54) is 6.42 Å². The van der Waals surface area contributed by atoms with E-state index in [0.717, 1.165) is 29.9 Å². The average Bonchev–Trinajstić information content (AvgIpc) is 3.25. The summed E-state index contributed by atoms with van der Waals surface area (Å²) in [6.45, 7) is 0.470. The van der Waals surface area contributed by atoms with Gasteiger partial charge >= 0.3 is 6.03 Å². The highest BCUT2D eigenvalue weighted by atomic mass is 32.2. The zero-order chi connectivity index (χ0) is 16.9. The molecule has 1 aliphatic carbocycles. The van der Waals surface area contributed by atoms with Gasteiger partial charge in [-0.2, -0.15) is 11.8 Å². The maximum absolute atomic E-state index is 12.3. The Morgan fingerprint density at radius 2 is 2.17 bits per heavy atom. The molecule has 1 heterocycles. The summed E-state index contributed by atoms with van der Waals surface area (Å²) in [5.41, 5.74) is 2.07. The van der Waals surface area contributed by atoms with Gasteiger partial charge in [0.1, 0.15) is 5.82 Å². The van der Waals surface area contributed by atoms with Gasteiger partial charge in [-0.15, -0.1) is 0 Å². The fourth-order valence-corrected chi connectivity index (χ4v) is 3.87. The molecule has 1 aliphatic rings. The van der Waals surface area contributed by atoms with E-state index in [9.17, 15) is 4.79 Å². The molecule has 6 heteroatoms. The fourth-order valence-electron chi connectivity index (χ4n) is 3.07. The smallest absolute Gasteiger partial charge is 0.317 e. The van der Waals surface area contributed by atoms with Crippen LogP contribution >= 0.6 is 11.8 Å². The maximum Gasteiger partial charge on any atom is 0.317 e. The molecule has 2 unspecified atom stereocenters. The molecule has 0 saturated heterocycles. The van der Waals surface area contributed by atoms with Crippen molar-refractivity contribution in [3.05, 3.63) is 42.4 Å². The van der Waals surface area contributed by atoms with Crippen molar-refractivity contribution in [3.8, 4) is 11.3 Å². The maximum atomic E-state index is 12.3. The van der Waals surface area contributed by atoms with E-state index in [1.807, 2.05) is 48.3 Å². The van der Waals surface area contributed by atoms with Crippen LogP contribution in [0, 0.1) is 0 Å². The van der Waals surface area contributed by atoms with Crippen LogP contribution in [0.5, 0.6) is 0 Å². The number of aromatic amines is 1. The summed E-state index contributed by atoms with van der Waals surface area (Å²) in [5.74, 6) is 0.792. The van der Waals surface area contributed by atoms with E-state index in [1.54, 1.807) is 11.9 Å². The Bertz CT molecular complexity index is 673. The minimum atomic E-state index is -0.0283. The summed E-state index contributed by atoms with van der Waals surface area (Å²) in [6.07, 6.45) is 7.29. The number of benzene rings is 1. The third-order valence-electron chi connectivity index (χ3n) is 4.49. The first kappa shape index (κ1) is 16.9. The van der Waals surface area contributed by atoms with Crippen molar-refractivity contribution in [2.24, 2.45) is 0 Å². The first-order valence-corrected chi connectivity index (χ1v) is 9.58. The molecule has 0 aliphatic heterocycles. The molecule has 0 spiro atoms. The molecular weight excluding hydrogens is 320 g/mol. The Morgan fingerprint density at radius 1 is 1.38 bits per heavy atom. The number of hydrogen-bond acceptors (Lipinski definition) is 3. The van der Waals surface area contributed by atoms with Gasteiger partial charge in [0.05, 0.1) is 18.4 Å². The summed E-state index contributed by atoms with van der Waals surface area (Å²) in [6, 6.07) is 10.3. The number of nitrogens with one attached hydrogen (secondary N) is 2. The van der Waals surface area contributed by atoms with Crippen molar-refractivity contribution in [2.75, 3.05) is 13.3 Å². The number of imidazole rings is 1. The van der Waals surface area contributed by atoms with Crippen LogP contribution in [-0.4, -0.2) is 45.5 Å². The van der Waals surface area contributed by atoms with Crippen LogP contribution in [-0.2, 0) is 6.54 Å². The standard InChI is InChI=1S/C18H24N4OS/c1-22(18(23)20-14-8-9-15(10-14)24-2)12-17-19-11-16(21-17)13-6-4-3-5-7-13/h3-7,11,14-15H,8-10,12H2,1-2H3,(H,19,21)(H,20,23). The summed E-state index contributed by atoms with van der Waals surface area (Å²) in [4.78, 5) is 21.7. The minimum Gasteiger partial charge on any atom is -0.341 e. The van der Waals surface area contributed by atoms with E-state index in [-0.39, 0.29) is 6.03 Å². The zero-order valence-electron chi connectivity index (χ0n) is 14.2. The SMILES string of the molecule is CSC1CCC(NC(=O)N(C)Cc2ncc(-c3ccccc3)[nH]2)C1. The molecule has 0 radical (unpaired) electrons. The van der Waals surface area contributed by atoms with Crippen LogP contribution in [0.4, 0.5) is 4.79 Å². The number of amides is 2. The van der Waals surface area contributed by atoms with E-state index < -0.39 is 0 Å². The number of carbonyl (C=O) groups excluding carboxylic acids is 1. The van der Waals surface area contributed by atoms with Crippen LogP contribution in [0.1, 0.15) is 25.1 Å². The average molecular weight is 344 g/mol. The van der Waals surface area contributed by atoms with Crippen LogP contribution in [0.15, 0.2) is 36.5 Å². The molecule has 2 atom stereocenters. The van der Waals surface area contributed by atoms with Crippen molar-refractivity contribution in [1.29, 1.82) is 0 Å². The van der Waals surface area contributed by atoms with Gasteiger partial charge in [-0.1, -0.05) is 30.3 Å². The fraction of sp³-hybridized carbons (Fsp3) is 0.444. The molecule has 3 rings (SSSR count). The number of aromatic nitrogens is 2. The van der Waals surface area contributed by atoms with Gasteiger partial charge in [0.25, 0.3) is 0 Å². The second-order valence-electron chi connectivity index (χ2n) is 6.28. The van der Waals surface area contributed by atoms with Crippen LogP contribution in [0.2, 0.25) is 0 Å². The monoisotopic (exact) mass is 344 g/mol. The van der Waals surface area contributed by atoms with E-state index in [4.69, 9.17) is 0 Å². The predicted molar refractivity (Wildman–Crippen MR) is 99.0 cm³/mol. The topological polar surface area (TPSA) is 61.0 Å². The highest BCUT2D eigenvalue weighted by Crippen LogP contribution is 2.28. The number of rotatable bonds is 5. The highest BCUT2D eigenvalue weighted by molar-refractivity contribution is 7.99. The van der Waals surface area contributed by atoms with Crippen LogP contribution in [0.3, 0.4) is 0 Å². The third kappa shape index (κ3) is 4.12. The van der Waals surface area contributed by atoms with Gasteiger partial charge in [0, 0.05) is 18.3 Å². The molecule has 1 saturated carbocycles. The molecule has 2 amide bonds. The first-order chi connectivity index (χ1) is 11.7. The zero-order valence-corrected chi connectivity index (χ0v) is 15.0. The molecule has 1 aromatic heterocycles. The lowest BCUT2D eigenvalue weighted by molar-refractivity contribution is 0.202. The molecule has 2 aromatic rings. The van der Waals surface area contributed by atoms with Gasteiger partial charge in [-0.05, 0) is 31.1 Å². The van der Waals surface area contributed by atoms with Gasteiger partial charge in [-0.25, -0.2) is 9.78 Å². The normalized spacial score (nSPS) is 20.1. The molecule has 2 N–H and O–H groups in total. The highest BCUT2D eigenvalue weighted by Gasteiger charge is 2.26. The summed E-state index contributed by atoms with van der Waals surface area (Å²) in [7, 11) is 1.81. The Balaban J connectivity index is 1.54. The Morgan fingerprint density at radius 3 is 2.88 bits per heavy atom. The predicted octanol–water partition coefficient (Wildman–Crippen LogP) is 3.50. The summed E-state index contributed by atoms with van der Waals surface area (Å²) in [5, 5.41) is 3.81. The molecule has 0 bridgehead atoms. The Labute approximate surface area is 147 Å². The number of urea groups is 1. The van der Waals surface area contributed by atoms with Crippen molar-refractivity contribution in [3.63, 3.8) is 0 Å². The quantitative estimate of drug-likeness (QED) is 0.873. The number of nitrogens with zero attached hydrogens (tertiary/aromatic N) is 2. The van der Waals surface area contributed by atoms with E-state index >= 15 is 0 Å². The Kier molecular flexibility index (Phi) is 5.45.